The molecular formula is C15H22N4. The molecule has 1 N–H and O–H groups in total. The van der Waals surface area contributed by atoms with E-state index in [1.165, 1.54) is 12.8 Å². The number of hydrogen-bond acceptors (Lipinski definition) is 3. The zero-order chi connectivity index (χ0) is 13.4. The van der Waals surface area contributed by atoms with Crippen LogP contribution >= 0.6 is 0 Å². The fourth-order valence-electron chi connectivity index (χ4n) is 3.07. The Kier molecular flexibility index (Phi) is 3.27. The van der Waals surface area contributed by atoms with E-state index >= 15 is 0 Å². The number of nitrogens with one attached hydrogen (secondary N) is 1. The van der Waals surface area contributed by atoms with Crippen LogP contribution in [0.5, 0.6) is 0 Å². The maximum absolute atomic E-state index is 4.85. The summed E-state index contributed by atoms with van der Waals surface area (Å²) in [5.74, 6) is 1.78. The first kappa shape index (κ1) is 12.6. The predicted molar refractivity (Wildman–Crippen MR) is 77.1 cm³/mol. The monoisotopic (exact) mass is 258 g/mol. The second-order valence-corrected chi connectivity index (χ2v) is 5.83. The zero-order valence-corrected chi connectivity index (χ0v) is 11.9. The maximum Gasteiger partial charge on any atom is 0.160 e. The highest BCUT2D eigenvalue weighted by Gasteiger charge is 2.28. The van der Waals surface area contributed by atoms with Crippen molar-refractivity contribution in [2.75, 3.05) is 6.54 Å². The third kappa shape index (κ3) is 2.14. The number of fused-ring (bicyclic) bond motifs is 1. The summed E-state index contributed by atoms with van der Waals surface area (Å²) in [6.07, 6.45) is 4.38. The van der Waals surface area contributed by atoms with Gasteiger partial charge in [0.15, 0.2) is 5.65 Å². The van der Waals surface area contributed by atoms with Gasteiger partial charge in [-0.1, -0.05) is 6.92 Å². The van der Waals surface area contributed by atoms with Crippen molar-refractivity contribution >= 4 is 11.2 Å². The fourth-order valence-corrected chi connectivity index (χ4v) is 3.07. The van der Waals surface area contributed by atoms with Gasteiger partial charge in [0.25, 0.3) is 0 Å². The molecular weight excluding hydrogens is 236 g/mol. The molecule has 19 heavy (non-hydrogen) atoms. The summed E-state index contributed by atoms with van der Waals surface area (Å²) >= 11 is 0. The Hall–Kier alpha value is -1.42. The van der Waals surface area contributed by atoms with Gasteiger partial charge in [0.1, 0.15) is 11.3 Å². The second-order valence-electron chi connectivity index (χ2n) is 5.83. The third-order valence-corrected chi connectivity index (χ3v) is 4.04. The molecule has 1 fully saturated rings. The Labute approximate surface area is 114 Å². The molecule has 102 valence electrons. The van der Waals surface area contributed by atoms with E-state index in [0.717, 1.165) is 23.5 Å². The highest BCUT2D eigenvalue weighted by Crippen LogP contribution is 2.31. The smallest absolute Gasteiger partial charge is 0.160 e. The molecule has 2 aromatic rings. The number of imidazole rings is 1. The lowest BCUT2D eigenvalue weighted by Crippen LogP contribution is -2.35. The van der Waals surface area contributed by atoms with Gasteiger partial charge in [-0.05, 0) is 51.3 Å². The summed E-state index contributed by atoms with van der Waals surface area (Å²) in [6, 6.07) is 4.75. The molecule has 4 heteroatoms. The van der Waals surface area contributed by atoms with Crippen molar-refractivity contribution in [2.45, 2.75) is 45.7 Å². The van der Waals surface area contributed by atoms with Crippen LogP contribution in [0.25, 0.3) is 11.2 Å². The van der Waals surface area contributed by atoms with Gasteiger partial charge in [-0.2, -0.15) is 0 Å². The molecule has 2 atom stereocenters. The summed E-state index contributed by atoms with van der Waals surface area (Å²) in [6.45, 7) is 7.80. The van der Waals surface area contributed by atoms with Gasteiger partial charge in [0.05, 0.1) is 6.04 Å². The largest absolute Gasteiger partial charge is 0.309 e. The van der Waals surface area contributed by atoms with Gasteiger partial charge in [0.2, 0.25) is 0 Å². The normalized spacial score (nSPS) is 24.2. The molecule has 0 amide bonds. The van der Waals surface area contributed by atoms with Gasteiger partial charge >= 0.3 is 0 Å². The van der Waals surface area contributed by atoms with E-state index in [9.17, 15) is 0 Å². The molecule has 1 saturated heterocycles. The van der Waals surface area contributed by atoms with Crippen molar-refractivity contribution < 1.29 is 0 Å². The van der Waals surface area contributed by atoms with E-state index in [2.05, 4.69) is 41.7 Å². The van der Waals surface area contributed by atoms with E-state index in [1.54, 1.807) is 0 Å². The van der Waals surface area contributed by atoms with Crippen molar-refractivity contribution in [3.05, 3.63) is 24.2 Å². The van der Waals surface area contributed by atoms with Crippen LogP contribution in [0.1, 0.15) is 51.5 Å². The third-order valence-electron chi connectivity index (χ3n) is 4.04. The minimum absolute atomic E-state index is 0.352. The minimum atomic E-state index is 0.352. The molecule has 2 unspecified atom stereocenters. The van der Waals surface area contributed by atoms with E-state index in [1.807, 2.05) is 12.3 Å². The zero-order valence-electron chi connectivity index (χ0n) is 11.9. The average Bonchev–Trinajstić information content (AvgIpc) is 2.78. The Balaban J connectivity index is 2.14. The molecule has 1 aliphatic heterocycles. The van der Waals surface area contributed by atoms with E-state index < -0.39 is 0 Å². The van der Waals surface area contributed by atoms with Gasteiger partial charge in [-0.25, -0.2) is 9.97 Å². The van der Waals surface area contributed by atoms with E-state index in [-0.39, 0.29) is 0 Å². The van der Waals surface area contributed by atoms with Gasteiger partial charge in [0, 0.05) is 12.2 Å². The number of aromatic nitrogens is 3. The summed E-state index contributed by atoms with van der Waals surface area (Å²) in [5.41, 5.74) is 2.01. The first-order valence-corrected chi connectivity index (χ1v) is 7.24. The first-order valence-electron chi connectivity index (χ1n) is 7.24. The Morgan fingerprint density at radius 2 is 2.26 bits per heavy atom. The quantitative estimate of drug-likeness (QED) is 0.900. The second kappa shape index (κ2) is 4.93. The van der Waals surface area contributed by atoms with Crippen LogP contribution in [0.15, 0.2) is 18.3 Å². The maximum atomic E-state index is 4.85. The SMILES string of the molecule is CC1CCCNC1c1nc2cccnc2n1C(C)C. The van der Waals surface area contributed by atoms with Crippen LogP contribution in [-0.2, 0) is 0 Å². The molecule has 0 bridgehead atoms. The Bertz CT molecular complexity index is 573. The summed E-state index contributed by atoms with van der Waals surface area (Å²) < 4.78 is 2.29. The molecule has 0 aromatic carbocycles. The number of hydrogen-bond donors (Lipinski definition) is 1. The van der Waals surface area contributed by atoms with Gasteiger partial charge in [-0.15, -0.1) is 0 Å². The number of pyridine rings is 1. The molecule has 3 rings (SSSR count). The van der Waals surface area contributed by atoms with Crippen molar-refractivity contribution in [3.8, 4) is 0 Å². The fraction of sp³-hybridized carbons (Fsp3) is 0.600. The average molecular weight is 258 g/mol. The molecule has 4 nitrogen and oxygen atoms in total. The molecule has 0 radical (unpaired) electrons. The molecule has 3 heterocycles. The van der Waals surface area contributed by atoms with Crippen LogP contribution in [0.4, 0.5) is 0 Å². The van der Waals surface area contributed by atoms with Crippen LogP contribution in [0.2, 0.25) is 0 Å². The predicted octanol–water partition coefficient (Wildman–Crippen LogP) is 3.07. The summed E-state index contributed by atoms with van der Waals surface area (Å²) in [7, 11) is 0. The van der Waals surface area contributed by atoms with Crippen molar-refractivity contribution in [1.29, 1.82) is 0 Å². The molecule has 1 aliphatic rings. The van der Waals surface area contributed by atoms with Crippen LogP contribution in [0, 0.1) is 5.92 Å². The number of nitrogens with zero attached hydrogens (tertiary/aromatic N) is 3. The molecule has 2 aromatic heterocycles. The number of rotatable bonds is 2. The van der Waals surface area contributed by atoms with Gasteiger partial charge in [-0.3, -0.25) is 0 Å². The lowest BCUT2D eigenvalue weighted by atomic mass is 9.92. The summed E-state index contributed by atoms with van der Waals surface area (Å²) in [4.78, 5) is 9.36. The topological polar surface area (TPSA) is 42.7 Å². The lowest BCUT2D eigenvalue weighted by molar-refractivity contribution is 0.286. The lowest BCUT2D eigenvalue weighted by Gasteiger charge is -2.30. The highest BCUT2D eigenvalue weighted by atomic mass is 15.2. The molecule has 0 saturated carbocycles. The Morgan fingerprint density at radius 3 is 3.00 bits per heavy atom. The minimum Gasteiger partial charge on any atom is -0.309 e. The van der Waals surface area contributed by atoms with Gasteiger partial charge < -0.3 is 9.88 Å². The van der Waals surface area contributed by atoms with Crippen molar-refractivity contribution in [3.63, 3.8) is 0 Å². The standard InChI is InChI=1S/C15H22N4/c1-10(2)19-14-12(7-5-9-17-14)18-15(19)13-11(3)6-4-8-16-13/h5,7,9-11,13,16H,4,6,8H2,1-3H3. The van der Waals surface area contributed by atoms with Crippen LogP contribution in [-0.4, -0.2) is 21.1 Å². The van der Waals surface area contributed by atoms with Crippen LogP contribution < -0.4 is 5.32 Å². The first-order chi connectivity index (χ1) is 9.18. The highest BCUT2D eigenvalue weighted by molar-refractivity contribution is 5.71. The molecule has 0 spiro atoms. The van der Waals surface area contributed by atoms with Crippen LogP contribution in [0.3, 0.4) is 0 Å². The van der Waals surface area contributed by atoms with E-state index in [0.29, 0.717) is 18.0 Å². The number of piperidine rings is 1. The molecule has 0 aliphatic carbocycles. The van der Waals surface area contributed by atoms with Crippen molar-refractivity contribution in [1.82, 2.24) is 19.9 Å². The van der Waals surface area contributed by atoms with E-state index in [4.69, 9.17) is 4.98 Å². The van der Waals surface area contributed by atoms with Crippen molar-refractivity contribution in [2.24, 2.45) is 5.92 Å². The Morgan fingerprint density at radius 1 is 1.42 bits per heavy atom. The summed E-state index contributed by atoms with van der Waals surface area (Å²) in [5, 5.41) is 3.63.